The van der Waals surface area contributed by atoms with Crippen LogP contribution in [0.2, 0.25) is 0 Å². The second-order valence-corrected chi connectivity index (χ2v) is 8.16. The van der Waals surface area contributed by atoms with Crippen molar-refractivity contribution in [1.82, 2.24) is 20.3 Å². The second kappa shape index (κ2) is 8.53. The Morgan fingerprint density at radius 3 is 2.72 bits per heavy atom. The molecule has 1 aliphatic rings. The van der Waals surface area contributed by atoms with E-state index in [0.29, 0.717) is 23.6 Å². The van der Waals surface area contributed by atoms with Gasteiger partial charge in [-0.25, -0.2) is 9.97 Å². The van der Waals surface area contributed by atoms with Gasteiger partial charge in [-0.1, -0.05) is 24.3 Å². The molecule has 3 heterocycles. The molecule has 32 heavy (non-hydrogen) atoms. The molecule has 2 aromatic heterocycles. The fourth-order valence-corrected chi connectivity index (χ4v) is 4.18. The van der Waals surface area contributed by atoms with Crippen molar-refractivity contribution in [3.63, 3.8) is 0 Å². The molecule has 7 heteroatoms. The van der Waals surface area contributed by atoms with Gasteiger partial charge in [-0.2, -0.15) is 0 Å². The normalized spacial score (nSPS) is 17.1. The quantitative estimate of drug-likeness (QED) is 0.419. The summed E-state index contributed by atoms with van der Waals surface area (Å²) in [5.74, 6) is 1.50. The van der Waals surface area contributed by atoms with Crippen LogP contribution in [0.4, 0.5) is 5.82 Å². The van der Waals surface area contributed by atoms with Gasteiger partial charge < -0.3 is 15.1 Å². The molecule has 0 amide bonds. The summed E-state index contributed by atoms with van der Waals surface area (Å²) >= 11 is 0. The van der Waals surface area contributed by atoms with E-state index >= 15 is 0 Å². The summed E-state index contributed by atoms with van der Waals surface area (Å²) < 4.78 is 0. The number of aliphatic hydroxyl groups excluding tert-OH is 1. The Kier molecular flexibility index (Phi) is 5.43. The van der Waals surface area contributed by atoms with Crippen molar-refractivity contribution < 1.29 is 10.2 Å². The second-order valence-electron chi connectivity index (χ2n) is 8.16. The zero-order chi connectivity index (χ0) is 22.1. The zero-order valence-corrected chi connectivity index (χ0v) is 17.8. The number of aromatic hydroxyl groups is 1. The molecule has 2 aromatic carbocycles. The number of fused-ring (bicyclic) bond motifs is 1. The van der Waals surface area contributed by atoms with Crippen LogP contribution in [-0.2, 0) is 0 Å². The molecule has 0 bridgehead atoms. The van der Waals surface area contributed by atoms with Crippen LogP contribution < -0.4 is 10.2 Å². The smallest absolute Gasteiger partial charge is 0.165 e. The third-order valence-corrected chi connectivity index (χ3v) is 5.83. The fourth-order valence-electron chi connectivity index (χ4n) is 4.18. The first-order valence-electron chi connectivity index (χ1n) is 10.8. The number of benzene rings is 2. The van der Waals surface area contributed by atoms with E-state index in [4.69, 9.17) is 9.97 Å². The number of phenolic OH excluding ortho intramolecular Hbond substituents is 1. The number of aliphatic hydroxyl groups is 1. The Balaban J connectivity index is 1.46. The zero-order valence-electron chi connectivity index (χ0n) is 17.8. The lowest BCUT2D eigenvalue weighted by molar-refractivity contribution is 0.122. The third kappa shape index (κ3) is 4.00. The monoisotopic (exact) mass is 427 g/mol. The highest BCUT2D eigenvalue weighted by Crippen LogP contribution is 2.33. The van der Waals surface area contributed by atoms with Crippen LogP contribution in [-0.4, -0.2) is 44.3 Å². The van der Waals surface area contributed by atoms with E-state index in [2.05, 4.69) is 27.3 Å². The van der Waals surface area contributed by atoms with Crippen molar-refractivity contribution in [2.45, 2.75) is 25.6 Å². The van der Waals surface area contributed by atoms with Gasteiger partial charge in [-0.3, -0.25) is 10.3 Å². The standard InChI is InChI=1S/C25H25N5O2/c1-16-9-10-18-21(14-16)28-23(19-6-2-3-8-22(19)31)29-24(18)30-13-11-17(15-30)27-25(32)20-7-4-5-12-26-20/h2-10,12,14,17,25,27,31-32H,11,13,15H2,1H3/t17-,25?/m1/s1. The maximum Gasteiger partial charge on any atom is 0.165 e. The van der Waals surface area contributed by atoms with E-state index in [1.54, 1.807) is 18.3 Å². The minimum absolute atomic E-state index is 0.0936. The predicted octanol–water partition coefficient (Wildman–Crippen LogP) is 3.57. The van der Waals surface area contributed by atoms with Gasteiger partial charge in [0.05, 0.1) is 16.8 Å². The highest BCUT2D eigenvalue weighted by atomic mass is 16.3. The van der Waals surface area contributed by atoms with Crippen LogP contribution in [0.25, 0.3) is 22.3 Å². The van der Waals surface area contributed by atoms with E-state index < -0.39 is 6.23 Å². The van der Waals surface area contributed by atoms with E-state index in [1.807, 2.05) is 43.3 Å². The molecule has 1 saturated heterocycles. The minimum Gasteiger partial charge on any atom is -0.507 e. The molecule has 3 N–H and O–H groups in total. The van der Waals surface area contributed by atoms with Gasteiger partial charge >= 0.3 is 0 Å². The number of aromatic nitrogens is 3. The van der Waals surface area contributed by atoms with Gasteiger partial charge in [0.25, 0.3) is 0 Å². The summed E-state index contributed by atoms with van der Waals surface area (Å²) in [6.45, 7) is 3.53. The number of hydrogen-bond acceptors (Lipinski definition) is 7. The Hall–Kier alpha value is -3.55. The van der Waals surface area contributed by atoms with Crippen molar-refractivity contribution in [2.24, 2.45) is 0 Å². The van der Waals surface area contributed by atoms with Crippen molar-refractivity contribution in [1.29, 1.82) is 0 Å². The molecule has 1 aliphatic heterocycles. The van der Waals surface area contributed by atoms with E-state index in [0.717, 1.165) is 35.2 Å². The van der Waals surface area contributed by atoms with E-state index in [1.165, 1.54) is 0 Å². The molecule has 0 aliphatic carbocycles. The molecule has 5 rings (SSSR count). The molecule has 0 saturated carbocycles. The van der Waals surface area contributed by atoms with Crippen molar-refractivity contribution in [2.75, 3.05) is 18.0 Å². The molecule has 7 nitrogen and oxygen atoms in total. The summed E-state index contributed by atoms with van der Waals surface area (Å²) in [5.41, 5.74) is 3.18. The lowest BCUT2D eigenvalue weighted by atomic mass is 10.1. The predicted molar refractivity (Wildman–Crippen MR) is 124 cm³/mol. The fraction of sp³-hybridized carbons (Fsp3) is 0.240. The van der Waals surface area contributed by atoms with Gasteiger partial charge in [0.15, 0.2) is 5.82 Å². The number of anilines is 1. The number of nitrogens with zero attached hydrogens (tertiary/aromatic N) is 4. The maximum absolute atomic E-state index is 10.5. The number of para-hydroxylation sites is 1. The first kappa shape index (κ1) is 20.4. The molecule has 1 unspecified atom stereocenters. The van der Waals surface area contributed by atoms with E-state index in [-0.39, 0.29) is 11.8 Å². The van der Waals surface area contributed by atoms with Crippen molar-refractivity contribution in [3.8, 4) is 17.1 Å². The number of rotatable bonds is 5. The summed E-state index contributed by atoms with van der Waals surface area (Å²) in [4.78, 5) is 16.1. The number of phenols is 1. The summed E-state index contributed by atoms with van der Waals surface area (Å²) in [6.07, 6.45) is 1.73. The van der Waals surface area contributed by atoms with Crippen LogP contribution in [0.5, 0.6) is 5.75 Å². The summed E-state index contributed by atoms with van der Waals surface area (Å²) in [5, 5.41) is 25.1. The number of pyridine rings is 1. The highest BCUT2D eigenvalue weighted by molar-refractivity contribution is 5.92. The Labute approximate surface area is 186 Å². The molecule has 4 aromatic rings. The average Bonchev–Trinajstić information content (AvgIpc) is 3.27. The molecular formula is C25H25N5O2. The van der Waals surface area contributed by atoms with Gasteiger partial charge in [-0.15, -0.1) is 0 Å². The lowest BCUT2D eigenvalue weighted by Gasteiger charge is -2.22. The van der Waals surface area contributed by atoms with E-state index in [9.17, 15) is 10.2 Å². The van der Waals surface area contributed by atoms with Crippen LogP contribution >= 0.6 is 0 Å². The van der Waals surface area contributed by atoms with Crippen molar-refractivity contribution >= 4 is 16.7 Å². The molecule has 0 spiro atoms. The number of nitrogens with one attached hydrogen (secondary N) is 1. The third-order valence-electron chi connectivity index (χ3n) is 5.83. The first-order chi connectivity index (χ1) is 15.6. The van der Waals surface area contributed by atoms with Gasteiger partial charge in [0.2, 0.25) is 0 Å². The largest absolute Gasteiger partial charge is 0.507 e. The van der Waals surface area contributed by atoms with Gasteiger partial charge in [0.1, 0.15) is 17.8 Å². The Bertz CT molecular complexity index is 1250. The van der Waals surface area contributed by atoms with Crippen LogP contribution in [0.1, 0.15) is 23.9 Å². The average molecular weight is 428 g/mol. The molecular weight excluding hydrogens is 402 g/mol. The first-order valence-corrected chi connectivity index (χ1v) is 10.8. The summed E-state index contributed by atoms with van der Waals surface area (Å²) in [6, 6.07) is 18.9. The maximum atomic E-state index is 10.5. The highest BCUT2D eigenvalue weighted by Gasteiger charge is 2.27. The molecule has 1 fully saturated rings. The van der Waals surface area contributed by atoms with Crippen LogP contribution in [0.3, 0.4) is 0 Å². The van der Waals surface area contributed by atoms with Crippen LogP contribution in [0, 0.1) is 6.92 Å². The minimum atomic E-state index is -0.817. The lowest BCUT2D eigenvalue weighted by Crippen LogP contribution is -2.36. The van der Waals surface area contributed by atoms with Gasteiger partial charge in [0, 0.05) is 30.7 Å². The van der Waals surface area contributed by atoms with Gasteiger partial charge in [-0.05, 0) is 55.3 Å². The molecule has 162 valence electrons. The summed E-state index contributed by atoms with van der Waals surface area (Å²) in [7, 11) is 0. The van der Waals surface area contributed by atoms with Crippen molar-refractivity contribution in [3.05, 3.63) is 78.1 Å². The Morgan fingerprint density at radius 1 is 1.06 bits per heavy atom. The van der Waals surface area contributed by atoms with Crippen LogP contribution in [0.15, 0.2) is 66.9 Å². The topological polar surface area (TPSA) is 94.4 Å². The Morgan fingerprint density at radius 2 is 1.91 bits per heavy atom. The molecule has 0 radical (unpaired) electrons. The number of aryl methyl sites for hydroxylation is 1. The molecule has 2 atom stereocenters. The number of hydrogen-bond donors (Lipinski definition) is 3. The SMILES string of the molecule is Cc1ccc2c(N3CC[C@@H](NC(O)c4ccccn4)C3)nc(-c3ccccc3O)nc2c1.